The highest BCUT2D eigenvalue weighted by Gasteiger charge is 2.36. The van der Waals surface area contributed by atoms with Gasteiger partial charge >= 0.3 is 0 Å². The summed E-state index contributed by atoms with van der Waals surface area (Å²) < 4.78 is 5.24. The van der Waals surface area contributed by atoms with Gasteiger partial charge in [0.1, 0.15) is 0 Å². The number of benzene rings is 1. The zero-order valence-corrected chi connectivity index (χ0v) is 10.5. The third-order valence-corrected chi connectivity index (χ3v) is 3.51. The summed E-state index contributed by atoms with van der Waals surface area (Å²) >= 11 is 0. The smallest absolute Gasteiger partial charge is 0.0569 e. The maximum Gasteiger partial charge on any atom is 0.0569 e. The Kier molecular flexibility index (Phi) is 4.15. The highest BCUT2D eigenvalue weighted by molar-refractivity contribution is 5.22. The van der Waals surface area contributed by atoms with Gasteiger partial charge in [-0.25, -0.2) is 0 Å². The molecule has 3 heteroatoms. The van der Waals surface area contributed by atoms with Gasteiger partial charge in [-0.3, -0.25) is 0 Å². The molecule has 2 rings (SSSR count). The van der Waals surface area contributed by atoms with Crippen molar-refractivity contribution in [3.05, 3.63) is 35.4 Å². The predicted octanol–water partition coefficient (Wildman–Crippen LogP) is 1.31. The van der Waals surface area contributed by atoms with Gasteiger partial charge in [0.25, 0.3) is 0 Å². The summed E-state index contributed by atoms with van der Waals surface area (Å²) in [4.78, 5) is 0. The van der Waals surface area contributed by atoms with E-state index in [9.17, 15) is 0 Å². The molecule has 0 aromatic heterocycles. The standard InChI is InChI=1S/C14H22N2O/c1-2-12-3-5-13(6-4-12)7-16-9-14(8-15)10-17-11-14/h3-6,16H,2,7-11,15H2,1H3. The van der Waals surface area contributed by atoms with Crippen LogP contribution in [0.5, 0.6) is 0 Å². The largest absolute Gasteiger partial charge is 0.380 e. The van der Waals surface area contributed by atoms with Crippen LogP contribution in [-0.4, -0.2) is 26.3 Å². The van der Waals surface area contributed by atoms with Crippen molar-refractivity contribution in [1.82, 2.24) is 5.32 Å². The Morgan fingerprint density at radius 3 is 2.35 bits per heavy atom. The van der Waals surface area contributed by atoms with Crippen LogP contribution in [-0.2, 0) is 17.7 Å². The van der Waals surface area contributed by atoms with Crippen molar-refractivity contribution < 1.29 is 4.74 Å². The minimum atomic E-state index is 0.184. The average molecular weight is 234 g/mol. The van der Waals surface area contributed by atoms with Gasteiger partial charge in [0, 0.05) is 25.0 Å². The molecule has 1 aliphatic heterocycles. The number of rotatable bonds is 6. The summed E-state index contributed by atoms with van der Waals surface area (Å²) in [5.74, 6) is 0. The van der Waals surface area contributed by atoms with E-state index in [1.54, 1.807) is 0 Å². The summed E-state index contributed by atoms with van der Waals surface area (Å²) in [6.07, 6.45) is 1.10. The lowest BCUT2D eigenvalue weighted by Crippen LogP contribution is -2.54. The average Bonchev–Trinajstić information content (AvgIpc) is 2.33. The van der Waals surface area contributed by atoms with E-state index in [1.807, 2.05) is 0 Å². The van der Waals surface area contributed by atoms with Gasteiger partial charge in [0.2, 0.25) is 0 Å². The third-order valence-electron chi connectivity index (χ3n) is 3.51. The molecule has 1 saturated heterocycles. The lowest BCUT2D eigenvalue weighted by molar-refractivity contribution is -0.105. The number of ether oxygens (including phenoxy) is 1. The predicted molar refractivity (Wildman–Crippen MR) is 69.8 cm³/mol. The lowest BCUT2D eigenvalue weighted by Gasteiger charge is -2.40. The Hall–Kier alpha value is -0.900. The first kappa shape index (κ1) is 12.6. The molecule has 0 saturated carbocycles. The van der Waals surface area contributed by atoms with Crippen LogP contribution in [0.25, 0.3) is 0 Å². The highest BCUT2D eigenvalue weighted by atomic mass is 16.5. The van der Waals surface area contributed by atoms with Crippen molar-refractivity contribution >= 4 is 0 Å². The van der Waals surface area contributed by atoms with Crippen LogP contribution in [0.3, 0.4) is 0 Å². The molecule has 0 unspecified atom stereocenters. The Morgan fingerprint density at radius 2 is 1.88 bits per heavy atom. The second-order valence-corrected chi connectivity index (χ2v) is 4.97. The molecule has 1 aromatic carbocycles. The minimum Gasteiger partial charge on any atom is -0.380 e. The fraction of sp³-hybridized carbons (Fsp3) is 0.571. The Labute approximate surface area is 103 Å². The van der Waals surface area contributed by atoms with Crippen LogP contribution in [0, 0.1) is 5.41 Å². The second kappa shape index (κ2) is 5.63. The third kappa shape index (κ3) is 3.06. The Morgan fingerprint density at radius 1 is 1.24 bits per heavy atom. The van der Waals surface area contributed by atoms with Gasteiger partial charge in [0.05, 0.1) is 13.2 Å². The van der Waals surface area contributed by atoms with E-state index in [-0.39, 0.29) is 5.41 Å². The zero-order valence-electron chi connectivity index (χ0n) is 10.5. The number of hydrogen-bond acceptors (Lipinski definition) is 3. The van der Waals surface area contributed by atoms with Crippen LogP contribution in [0.2, 0.25) is 0 Å². The quantitative estimate of drug-likeness (QED) is 0.780. The summed E-state index contributed by atoms with van der Waals surface area (Å²) in [5.41, 5.74) is 8.67. The molecule has 3 nitrogen and oxygen atoms in total. The Bertz CT molecular complexity index is 338. The van der Waals surface area contributed by atoms with E-state index in [0.717, 1.165) is 32.7 Å². The molecule has 1 heterocycles. The molecule has 3 N–H and O–H groups in total. The van der Waals surface area contributed by atoms with Gasteiger partial charge in [-0.1, -0.05) is 31.2 Å². The van der Waals surface area contributed by atoms with E-state index in [2.05, 4.69) is 36.5 Å². The first-order valence-corrected chi connectivity index (χ1v) is 6.34. The maximum atomic E-state index is 5.77. The van der Waals surface area contributed by atoms with Crippen LogP contribution in [0.15, 0.2) is 24.3 Å². The SMILES string of the molecule is CCc1ccc(CNCC2(CN)COC2)cc1. The fourth-order valence-electron chi connectivity index (χ4n) is 2.05. The molecule has 1 aromatic rings. The van der Waals surface area contributed by atoms with Crippen molar-refractivity contribution in [1.29, 1.82) is 0 Å². The van der Waals surface area contributed by atoms with Crippen molar-refractivity contribution in [2.24, 2.45) is 11.1 Å². The van der Waals surface area contributed by atoms with Gasteiger partial charge in [-0.15, -0.1) is 0 Å². The van der Waals surface area contributed by atoms with Gasteiger partial charge in [-0.2, -0.15) is 0 Å². The van der Waals surface area contributed by atoms with Crippen LogP contribution in [0.4, 0.5) is 0 Å². The van der Waals surface area contributed by atoms with E-state index < -0.39 is 0 Å². The van der Waals surface area contributed by atoms with E-state index in [1.165, 1.54) is 11.1 Å². The number of aryl methyl sites for hydroxylation is 1. The molecule has 0 atom stereocenters. The van der Waals surface area contributed by atoms with Crippen molar-refractivity contribution in [3.63, 3.8) is 0 Å². The molecule has 0 amide bonds. The first-order chi connectivity index (χ1) is 8.28. The van der Waals surface area contributed by atoms with E-state index >= 15 is 0 Å². The zero-order chi connectivity index (χ0) is 12.1. The van der Waals surface area contributed by atoms with Crippen LogP contribution in [0.1, 0.15) is 18.1 Å². The number of hydrogen-bond donors (Lipinski definition) is 2. The van der Waals surface area contributed by atoms with Crippen molar-refractivity contribution in [2.45, 2.75) is 19.9 Å². The van der Waals surface area contributed by atoms with Crippen molar-refractivity contribution in [3.8, 4) is 0 Å². The number of nitrogens with two attached hydrogens (primary N) is 1. The topological polar surface area (TPSA) is 47.3 Å². The summed E-state index contributed by atoms with van der Waals surface area (Å²) in [6, 6.07) is 8.78. The minimum absolute atomic E-state index is 0.184. The summed E-state index contributed by atoms with van der Waals surface area (Å²) in [6.45, 7) is 6.32. The monoisotopic (exact) mass is 234 g/mol. The Balaban J connectivity index is 1.77. The summed E-state index contributed by atoms with van der Waals surface area (Å²) in [7, 11) is 0. The van der Waals surface area contributed by atoms with Gasteiger partial charge < -0.3 is 15.8 Å². The molecule has 0 spiro atoms. The molecule has 0 bridgehead atoms. The van der Waals surface area contributed by atoms with Gasteiger partial charge in [-0.05, 0) is 17.5 Å². The lowest BCUT2D eigenvalue weighted by atomic mass is 9.86. The maximum absolute atomic E-state index is 5.77. The molecule has 0 radical (unpaired) electrons. The van der Waals surface area contributed by atoms with Crippen LogP contribution >= 0.6 is 0 Å². The first-order valence-electron chi connectivity index (χ1n) is 6.34. The summed E-state index contributed by atoms with van der Waals surface area (Å²) in [5, 5.41) is 3.47. The molecule has 1 aliphatic rings. The fourth-order valence-corrected chi connectivity index (χ4v) is 2.05. The number of nitrogens with one attached hydrogen (secondary N) is 1. The second-order valence-electron chi connectivity index (χ2n) is 4.97. The van der Waals surface area contributed by atoms with Gasteiger partial charge in [0.15, 0.2) is 0 Å². The van der Waals surface area contributed by atoms with Crippen molar-refractivity contribution in [2.75, 3.05) is 26.3 Å². The molecular formula is C14H22N2O. The molecule has 17 heavy (non-hydrogen) atoms. The van der Waals surface area contributed by atoms with E-state index in [0.29, 0.717) is 6.54 Å². The van der Waals surface area contributed by atoms with Crippen LogP contribution < -0.4 is 11.1 Å². The molecule has 1 fully saturated rings. The van der Waals surface area contributed by atoms with E-state index in [4.69, 9.17) is 10.5 Å². The molecule has 94 valence electrons. The molecule has 0 aliphatic carbocycles. The highest BCUT2D eigenvalue weighted by Crippen LogP contribution is 2.24. The molecular weight excluding hydrogens is 212 g/mol. The normalized spacial score (nSPS) is 17.8.